The number of hydrogen-bond acceptors (Lipinski definition) is 3. The topological polar surface area (TPSA) is 58.2 Å². The zero-order chi connectivity index (χ0) is 14.4. The predicted octanol–water partition coefficient (Wildman–Crippen LogP) is 2.45. The smallest absolute Gasteiger partial charge is 0.251 e. The van der Waals surface area contributed by atoms with Crippen LogP contribution in [0.5, 0.6) is 0 Å². The van der Waals surface area contributed by atoms with E-state index in [4.69, 9.17) is 11.6 Å². The van der Waals surface area contributed by atoms with Crippen molar-refractivity contribution in [1.29, 1.82) is 0 Å². The van der Waals surface area contributed by atoms with Crippen molar-refractivity contribution in [3.63, 3.8) is 0 Å². The summed E-state index contributed by atoms with van der Waals surface area (Å²) in [5.41, 5.74) is 0.533. The van der Waals surface area contributed by atoms with Crippen molar-refractivity contribution in [2.45, 2.75) is 6.54 Å². The fraction of sp³-hybridized carbons (Fsp3) is 0.143. The first-order valence-corrected chi connectivity index (χ1v) is 7.19. The van der Waals surface area contributed by atoms with Gasteiger partial charge in [0.2, 0.25) is 5.91 Å². The van der Waals surface area contributed by atoms with Crippen LogP contribution in [-0.2, 0) is 11.3 Å². The molecule has 4 nitrogen and oxygen atoms in total. The summed E-state index contributed by atoms with van der Waals surface area (Å²) in [6, 6.07) is 12.4. The molecular formula is C14H13ClN2O2S. The van der Waals surface area contributed by atoms with E-state index in [1.807, 2.05) is 12.1 Å². The highest BCUT2D eigenvalue weighted by molar-refractivity contribution is 7.16. The van der Waals surface area contributed by atoms with Crippen molar-refractivity contribution in [1.82, 2.24) is 10.6 Å². The number of nitrogens with one attached hydrogen (secondary N) is 2. The van der Waals surface area contributed by atoms with E-state index in [0.717, 1.165) is 4.88 Å². The summed E-state index contributed by atoms with van der Waals surface area (Å²) in [4.78, 5) is 24.3. The van der Waals surface area contributed by atoms with Crippen LogP contribution in [0.3, 0.4) is 0 Å². The molecule has 2 amide bonds. The molecule has 2 rings (SSSR count). The monoisotopic (exact) mass is 308 g/mol. The zero-order valence-corrected chi connectivity index (χ0v) is 12.1. The zero-order valence-electron chi connectivity index (χ0n) is 10.6. The first kappa shape index (κ1) is 14.6. The van der Waals surface area contributed by atoms with Gasteiger partial charge in [-0.05, 0) is 24.3 Å². The van der Waals surface area contributed by atoms with E-state index < -0.39 is 0 Å². The number of carbonyl (C=O) groups excluding carboxylic acids is 2. The molecule has 0 aliphatic carbocycles. The third-order valence-electron chi connectivity index (χ3n) is 2.53. The third kappa shape index (κ3) is 4.36. The lowest BCUT2D eigenvalue weighted by Crippen LogP contribution is -2.36. The molecule has 0 spiro atoms. The molecule has 0 saturated carbocycles. The minimum atomic E-state index is -0.264. The van der Waals surface area contributed by atoms with E-state index in [-0.39, 0.29) is 18.4 Å². The van der Waals surface area contributed by atoms with Gasteiger partial charge in [-0.2, -0.15) is 0 Å². The van der Waals surface area contributed by atoms with Crippen molar-refractivity contribution in [2.24, 2.45) is 0 Å². The van der Waals surface area contributed by atoms with Crippen molar-refractivity contribution in [3.8, 4) is 0 Å². The van der Waals surface area contributed by atoms with Gasteiger partial charge < -0.3 is 10.6 Å². The maximum atomic E-state index is 11.7. The van der Waals surface area contributed by atoms with Gasteiger partial charge in [-0.25, -0.2) is 0 Å². The second-order valence-corrected chi connectivity index (χ2v) is 5.83. The summed E-state index contributed by atoms with van der Waals surface area (Å²) in [5, 5.41) is 5.28. The molecule has 1 heterocycles. The minimum absolute atomic E-state index is 0.0488. The molecule has 2 aromatic rings. The summed E-state index contributed by atoms with van der Waals surface area (Å²) < 4.78 is 0.687. The average molecular weight is 309 g/mol. The van der Waals surface area contributed by atoms with Crippen LogP contribution in [0.25, 0.3) is 0 Å². The standard InChI is InChI=1S/C14H13ClN2O2S/c15-12-7-6-11(20-12)8-16-13(18)9-17-14(19)10-4-2-1-3-5-10/h1-7H,8-9H2,(H,16,18)(H,17,19). The highest BCUT2D eigenvalue weighted by Crippen LogP contribution is 2.20. The molecule has 0 aliphatic heterocycles. The Morgan fingerprint density at radius 2 is 1.80 bits per heavy atom. The quantitative estimate of drug-likeness (QED) is 0.891. The Balaban J connectivity index is 1.74. The Kier molecular flexibility index (Phi) is 5.15. The van der Waals surface area contributed by atoms with Crippen molar-refractivity contribution in [3.05, 3.63) is 57.2 Å². The van der Waals surface area contributed by atoms with Gasteiger partial charge in [0.25, 0.3) is 5.91 Å². The van der Waals surface area contributed by atoms with Gasteiger partial charge in [0.1, 0.15) is 0 Å². The van der Waals surface area contributed by atoms with Gasteiger partial charge in [-0.15, -0.1) is 11.3 Å². The summed E-state index contributed by atoms with van der Waals surface area (Å²) >= 11 is 7.21. The number of thiophene rings is 1. The highest BCUT2D eigenvalue weighted by atomic mass is 35.5. The predicted molar refractivity (Wildman–Crippen MR) is 80.0 cm³/mol. The Hall–Kier alpha value is -1.85. The average Bonchev–Trinajstić information content (AvgIpc) is 2.89. The summed E-state index contributed by atoms with van der Waals surface area (Å²) in [6.45, 7) is 0.365. The molecule has 20 heavy (non-hydrogen) atoms. The molecule has 1 aromatic heterocycles. The molecule has 6 heteroatoms. The Bertz CT molecular complexity index is 598. The molecule has 0 saturated heterocycles. The molecule has 0 unspecified atom stereocenters. The molecular weight excluding hydrogens is 296 g/mol. The maximum absolute atomic E-state index is 11.7. The lowest BCUT2D eigenvalue weighted by atomic mass is 10.2. The van der Waals surface area contributed by atoms with Crippen LogP contribution >= 0.6 is 22.9 Å². The highest BCUT2D eigenvalue weighted by Gasteiger charge is 2.07. The molecule has 0 bridgehead atoms. The second-order valence-electron chi connectivity index (χ2n) is 4.03. The lowest BCUT2D eigenvalue weighted by molar-refractivity contribution is -0.120. The largest absolute Gasteiger partial charge is 0.350 e. The molecule has 0 radical (unpaired) electrons. The van der Waals surface area contributed by atoms with Gasteiger partial charge in [-0.1, -0.05) is 29.8 Å². The van der Waals surface area contributed by atoms with Crippen molar-refractivity contribution in [2.75, 3.05) is 6.54 Å². The van der Waals surface area contributed by atoms with Gasteiger partial charge in [0.15, 0.2) is 0 Å². The van der Waals surface area contributed by atoms with E-state index >= 15 is 0 Å². The van der Waals surface area contributed by atoms with Crippen LogP contribution in [0.2, 0.25) is 4.34 Å². The SMILES string of the molecule is O=C(CNC(=O)c1ccccc1)NCc1ccc(Cl)s1. The number of hydrogen-bond donors (Lipinski definition) is 2. The van der Waals surface area contributed by atoms with Gasteiger partial charge in [-0.3, -0.25) is 9.59 Å². The fourth-order valence-corrected chi connectivity index (χ4v) is 2.57. The van der Waals surface area contributed by atoms with Crippen LogP contribution in [0.15, 0.2) is 42.5 Å². The van der Waals surface area contributed by atoms with Crippen molar-refractivity contribution >= 4 is 34.8 Å². The molecule has 0 aliphatic rings. The molecule has 0 fully saturated rings. The first-order valence-electron chi connectivity index (χ1n) is 5.99. The van der Waals surface area contributed by atoms with E-state index in [0.29, 0.717) is 16.4 Å². The third-order valence-corrected chi connectivity index (χ3v) is 3.77. The molecule has 0 atom stereocenters. The van der Waals surface area contributed by atoms with E-state index in [9.17, 15) is 9.59 Å². The van der Waals surface area contributed by atoms with Crippen LogP contribution in [0.4, 0.5) is 0 Å². The molecule has 2 N–H and O–H groups in total. The van der Waals surface area contributed by atoms with Crippen LogP contribution < -0.4 is 10.6 Å². The van der Waals surface area contributed by atoms with E-state index in [2.05, 4.69) is 10.6 Å². The number of benzene rings is 1. The Morgan fingerprint density at radius 1 is 1.05 bits per heavy atom. The van der Waals surface area contributed by atoms with Crippen LogP contribution in [-0.4, -0.2) is 18.4 Å². The van der Waals surface area contributed by atoms with Crippen LogP contribution in [0.1, 0.15) is 15.2 Å². The van der Waals surface area contributed by atoms with Crippen molar-refractivity contribution < 1.29 is 9.59 Å². The van der Waals surface area contributed by atoms with Gasteiger partial charge >= 0.3 is 0 Å². The Labute approximate surface area is 125 Å². The van der Waals surface area contributed by atoms with Crippen LogP contribution in [0, 0.1) is 0 Å². The molecule has 104 valence electrons. The normalized spacial score (nSPS) is 10.1. The first-order chi connectivity index (χ1) is 9.65. The number of rotatable bonds is 5. The fourth-order valence-electron chi connectivity index (χ4n) is 1.55. The maximum Gasteiger partial charge on any atom is 0.251 e. The minimum Gasteiger partial charge on any atom is -0.350 e. The van der Waals surface area contributed by atoms with Gasteiger partial charge in [0.05, 0.1) is 17.4 Å². The van der Waals surface area contributed by atoms with E-state index in [1.54, 1.807) is 30.3 Å². The summed E-state index contributed by atoms with van der Waals surface area (Å²) in [6.07, 6.45) is 0. The molecule has 1 aromatic carbocycles. The summed E-state index contributed by atoms with van der Waals surface area (Å²) in [7, 11) is 0. The number of halogens is 1. The lowest BCUT2D eigenvalue weighted by Gasteiger charge is -2.06. The van der Waals surface area contributed by atoms with Gasteiger partial charge in [0, 0.05) is 10.4 Å². The number of carbonyl (C=O) groups is 2. The second kappa shape index (κ2) is 7.07. The summed E-state index contributed by atoms with van der Waals surface area (Å²) in [5.74, 6) is -0.501. The number of amides is 2. The van der Waals surface area contributed by atoms with E-state index in [1.165, 1.54) is 11.3 Å². The Morgan fingerprint density at radius 3 is 2.45 bits per heavy atom.